The SMILES string of the molecule is CCC(C)(CNC1CC1)CN(C)Cc1cccs1. The Balaban J connectivity index is 1.79. The number of nitrogens with zero attached hydrogens (tertiary/aromatic N) is 1. The summed E-state index contributed by atoms with van der Waals surface area (Å²) in [6, 6.07) is 5.19. The molecule has 1 aliphatic carbocycles. The van der Waals surface area contributed by atoms with Crippen LogP contribution in [0, 0.1) is 5.41 Å². The molecule has 0 spiro atoms. The fraction of sp³-hybridized carbons (Fsp3) is 0.733. The molecule has 0 bridgehead atoms. The first-order chi connectivity index (χ1) is 8.61. The Kier molecular flexibility index (Phi) is 4.82. The van der Waals surface area contributed by atoms with Crippen LogP contribution in [-0.4, -0.2) is 31.1 Å². The Hall–Kier alpha value is -0.380. The van der Waals surface area contributed by atoms with Gasteiger partial charge in [0.1, 0.15) is 0 Å². The van der Waals surface area contributed by atoms with Crippen molar-refractivity contribution in [1.82, 2.24) is 10.2 Å². The van der Waals surface area contributed by atoms with Crippen molar-refractivity contribution in [3.05, 3.63) is 22.4 Å². The van der Waals surface area contributed by atoms with Crippen LogP contribution in [0.1, 0.15) is 38.0 Å². The van der Waals surface area contributed by atoms with E-state index < -0.39 is 0 Å². The van der Waals surface area contributed by atoms with Gasteiger partial charge in [0.25, 0.3) is 0 Å². The molecule has 1 unspecified atom stereocenters. The molecule has 0 aliphatic heterocycles. The predicted molar refractivity (Wildman–Crippen MR) is 80.1 cm³/mol. The summed E-state index contributed by atoms with van der Waals surface area (Å²) in [6.45, 7) is 8.13. The number of hydrogen-bond donors (Lipinski definition) is 1. The summed E-state index contributed by atoms with van der Waals surface area (Å²) < 4.78 is 0. The van der Waals surface area contributed by atoms with E-state index in [9.17, 15) is 0 Å². The van der Waals surface area contributed by atoms with Crippen molar-refractivity contribution in [3.63, 3.8) is 0 Å². The van der Waals surface area contributed by atoms with Crippen molar-refractivity contribution in [3.8, 4) is 0 Å². The lowest BCUT2D eigenvalue weighted by molar-refractivity contribution is 0.175. The van der Waals surface area contributed by atoms with Crippen LogP contribution < -0.4 is 5.32 Å². The summed E-state index contributed by atoms with van der Waals surface area (Å²) in [5.74, 6) is 0. The largest absolute Gasteiger partial charge is 0.313 e. The molecule has 0 radical (unpaired) electrons. The van der Waals surface area contributed by atoms with E-state index in [0.29, 0.717) is 5.41 Å². The molecule has 1 aromatic heterocycles. The van der Waals surface area contributed by atoms with Crippen molar-refractivity contribution in [2.75, 3.05) is 20.1 Å². The second-order valence-corrected chi connectivity index (χ2v) is 7.10. The van der Waals surface area contributed by atoms with Gasteiger partial charge >= 0.3 is 0 Å². The van der Waals surface area contributed by atoms with Gasteiger partial charge in [-0.3, -0.25) is 0 Å². The lowest BCUT2D eigenvalue weighted by atomic mass is 9.86. The predicted octanol–water partition coefficient (Wildman–Crippen LogP) is 3.35. The highest BCUT2D eigenvalue weighted by Crippen LogP contribution is 2.26. The number of nitrogens with one attached hydrogen (secondary N) is 1. The molecule has 0 amide bonds. The maximum absolute atomic E-state index is 3.69. The fourth-order valence-corrected chi connectivity index (χ4v) is 3.13. The quantitative estimate of drug-likeness (QED) is 0.776. The van der Waals surface area contributed by atoms with Gasteiger partial charge < -0.3 is 10.2 Å². The highest BCUT2D eigenvalue weighted by molar-refractivity contribution is 7.09. The molecule has 1 heterocycles. The molecule has 0 aromatic carbocycles. The molecular formula is C15H26N2S. The molecule has 0 saturated heterocycles. The molecule has 1 N–H and O–H groups in total. The van der Waals surface area contributed by atoms with Gasteiger partial charge in [-0.15, -0.1) is 11.3 Å². The molecule has 102 valence electrons. The van der Waals surface area contributed by atoms with Gasteiger partial charge in [-0.25, -0.2) is 0 Å². The molecule has 1 saturated carbocycles. The molecule has 1 aromatic rings. The maximum atomic E-state index is 3.69. The van der Waals surface area contributed by atoms with E-state index in [1.165, 1.54) is 30.7 Å². The van der Waals surface area contributed by atoms with Crippen LogP contribution in [0.3, 0.4) is 0 Å². The van der Waals surface area contributed by atoms with Crippen LogP contribution in [0.5, 0.6) is 0 Å². The topological polar surface area (TPSA) is 15.3 Å². The minimum atomic E-state index is 0.397. The van der Waals surface area contributed by atoms with Crippen LogP contribution in [-0.2, 0) is 6.54 Å². The molecule has 1 atom stereocenters. The van der Waals surface area contributed by atoms with Crippen molar-refractivity contribution in [1.29, 1.82) is 0 Å². The third kappa shape index (κ3) is 4.38. The zero-order valence-electron chi connectivity index (χ0n) is 11.9. The Morgan fingerprint density at radius 2 is 2.28 bits per heavy atom. The second kappa shape index (κ2) is 6.18. The zero-order chi connectivity index (χ0) is 13.0. The third-order valence-corrected chi connectivity index (χ3v) is 4.77. The van der Waals surface area contributed by atoms with Gasteiger partial charge in [0, 0.05) is 30.6 Å². The van der Waals surface area contributed by atoms with Gasteiger partial charge in [-0.05, 0) is 43.2 Å². The van der Waals surface area contributed by atoms with Crippen LogP contribution in [0.2, 0.25) is 0 Å². The van der Waals surface area contributed by atoms with E-state index in [-0.39, 0.29) is 0 Å². The highest BCUT2D eigenvalue weighted by atomic mass is 32.1. The molecule has 2 nitrogen and oxygen atoms in total. The first-order valence-electron chi connectivity index (χ1n) is 7.05. The number of rotatable bonds is 8. The summed E-state index contributed by atoms with van der Waals surface area (Å²) in [5.41, 5.74) is 0.397. The lowest BCUT2D eigenvalue weighted by Gasteiger charge is -2.33. The highest BCUT2D eigenvalue weighted by Gasteiger charge is 2.28. The normalized spacial score (nSPS) is 19.1. The van der Waals surface area contributed by atoms with Gasteiger partial charge in [-0.2, -0.15) is 0 Å². The number of hydrogen-bond acceptors (Lipinski definition) is 3. The Morgan fingerprint density at radius 1 is 1.50 bits per heavy atom. The standard InChI is InChI=1S/C15H26N2S/c1-4-15(2,11-16-13-7-8-13)12-17(3)10-14-6-5-9-18-14/h5-6,9,13,16H,4,7-8,10-12H2,1-3H3. The number of thiophene rings is 1. The van der Waals surface area contributed by atoms with Crippen molar-refractivity contribution in [2.24, 2.45) is 5.41 Å². The summed E-state index contributed by atoms with van der Waals surface area (Å²) in [7, 11) is 2.24. The van der Waals surface area contributed by atoms with E-state index in [2.05, 4.69) is 48.6 Å². The molecule has 18 heavy (non-hydrogen) atoms. The average molecular weight is 266 g/mol. The minimum absolute atomic E-state index is 0.397. The Bertz CT molecular complexity index is 345. The first kappa shape index (κ1) is 14.0. The molecule has 3 heteroatoms. The van der Waals surface area contributed by atoms with E-state index in [1.54, 1.807) is 0 Å². The summed E-state index contributed by atoms with van der Waals surface area (Å²) in [5, 5.41) is 5.85. The lowest BCUT2D eigenvalue weighted by Crippen LogP contribution is -2.41. The fourth-order valence-electron chi connectivity index (χ4n) is 2.35. The van der Waals surface area contributed by atoms with Crippen LogP contribution in [0.25, 0.3) is 0 Å². The second-order valence-electron chi connectivity index (χ2n) is 6.07. The van der Waals surface area contributed by atoms with Gasteiger partial charge in [0.2, 0.25) is 0 Å². The molecule has 2 rings (SSSR count). The monoisotopic (exact) mass is 266 g/mol. The molecule has 1 fully saturated rings. The van der Waals surface area contributed by atoms with Crippen LogP contribution in [0.15, 0.2) is 17.5 Å². The summed E-state index contributed by atoms with van der Waals surface area (Å²) in [4.78, 5) is 3.93. The van der Waals surface area contributed by atoms with Crippen molar-refractivity contribution < 1.29 is 0 Å². The molecular weight excluding hydrogens is 240 g/mol. The molecule has 1 aliphatic rings. The van der Waals surface area contributed by atoms with Gasteiger partial charge in [0.15, 0.2) is 0 Å². The van der Waals surface area contributed by atoms with Crippen molar-refractivity contribution >= 4 is 11.3 Å². The van der Waals surface area contributed by atoms with Crippen molar-refractivity contribution in [2.45, 2.75) is 45.7 Å². The van der Waals surface area contributed by atoms with E-state index in [1.807, 2.05) is 11.3 Å². The van der Waals surface area contributed by atoms with Gasteiger partial charge in [-0.1, -0.05) is 19.9 Å². The zero-order valence-corrected chi connectivity index (χ0v) is 12.7. The van der Waals surface area contributed by atoms with E-state index >= 15 is 0 Å². The summed E-state index contributed by atoms with van der Waals surface area (Å²) >= 11 is 1.86. The first-order valence-corrected chi connectivity index (χ1v) is 7.93. The Morgan fingerprint density at radius 3 is 2.83 bits per heavy atom. The Labute approximate surface area is 115 Å². The maximum Gasteiger partial charge on any atom is 0.0325 e. The minimum Gasteiger partial charge on any atom is -0.313 e. The van der Waals surface area contributed by atoms with Crippen LogP contribution >= 0.6 is 11.3 Å². The smallest absolute Gasteiger partial charge is 0.0325 e. The average Bonchev–Trinajstić information content (AvgIpc) is 3.04. The van der Waals surface area contributed by atoms with Crippen LogP contribution in [0.4, 0.5) is 0 Å². The third-order valence-electron chi connectivity index (χ3n) is 3.91. The van der Waals surface area contributed by atoms with E-state index in [0.717, 1.165) is 19.1 Å². The summed E-state index contributed by atoms with van der Waals surface area (Å²) in [6.07, 6.45) is 4.00. The van der Waals surface area contributed by atoms with Gasteiger partial charge in [0.05, 0.1) is 0 Å². The van der Waals surface area contributed by atoms with E-state index in [4.69, 9.17) is 0 Å².